The molecule has 4 heteroatoms. The van der Waals surface area contributed by atoms with Gasteiger partial charge in [0.1, 0.15) is 6.61 Å². The second kappa shape index (κ2) is 8.53. The number of benzene rings is 1. The fraction of sp³-hybridized carbons (Fsp3) is 0.625. The summed E-state index contributed by atoms with van der Waals surface area (Å²) in [5, 5.41) is 1.08. The molecule has 1 aromatic carbocycles. The number of likely N-dealkylation sites (tertiary alicyclic amines) is 1. The fourth-order valence-electron chi connectivity index (χ4n) is 2.82. The van der Waals surface area contributed by atoms with Crippen LogP contribution in [0, 0.1) is 0 Å². The molecule has 1 saturated heterocycles. The standard InChI is InChI=1S/C16H24BrNO2/c1-19-15-7-2-3-8-16(15)20-13-12-18-11-5-4-6-14(18)9-10-17/h2-3,7-8,14H,4-6,9-13H2,1H3. The molecule has 112 valence electrons. The van der Waals surface area contributed by atoms with Crippen LogP contribution in [-0.4, -0.2) is 43.1 Å². The van der Waals surface area contributed by atoms with Gasteiger partial charge in [-0.3, -0.25) is 4.90 Å². The molecule has 1 heterocycles. The molecule has 0 aliphatic carbocycles. The third kappa shape index (κ3) is 4.38. The van der Waals surface area contributed by atoms with Crippen molar-refractivity contribution in [2.24, 2.45) is 0 Å². The minimum atomic E-state index is 0.712. The number of nitrogens with zero attached hydrogens (tertiary/aromatic N) is 1. The van der Waals surface area contributed by atoms with Crippen LogP contribution < -0.4 is 9.47 Å². The first-order chi connectivity index (χ1) is 9.85. The molecule has 0 bridgehead atoms. The number of ether oxygens (including phenoxy) is 2. The molecule has 0 N–H and O–H groups in total. The van der Waals surface area contributed by atoms with Crippen molar-refractivity contribution in [3.8, 4) is 11.5 Å². The molecule has 1 aromatic rings. The molecule has 1 aliphatic heterocycles. The zero-order valence-corrected chi connectivity index (χ0v) is 13.8. The summed E-state index contributed by atoms with van der Waals surface area (Å²) in [4.78, 5) is 2.57. The maximum Gasteiger partial charge on any atom is 0.161 e. The van der Waals surface area contributed by atoms with E-state index < -0.39 is 0 Å². The lowest BCUT2D eigenvalue weighted by molar-refractivity contribution is 0.120. The van der Waals surface area contributed by atoms with Crippen LogP contribution in [0.2, 0.25) is 0 Å². The minimum Gasteiger partial charge on any atom is -0.493 e. The van der Waals surface area contributed by atoms with Crippen molar-refractivity contribution in [2.45, 2.75) is 31.7 Å². The second-order valence-electron chi connectivity index (χ2n) is 5.16. The molecule has 1 fully saturated rings. The second-order valence-corrected chi connectivity index (χ2v) is 5.96. The smallest absolute Gasteiger partial charge is 0.161 e. The Balaban J connectivity index is 1.82. The number of hydrogen-bond donors (Lipinski definition) is 0. The van der Waals surface area contributed by atoms with Gasteiger partial charge < -0.3 is 9.47 Å². The van der Waals surface area contributed by atoms with E-state index in [1.807, 2.05) is 24.3 Å². The van der Waals surface area contributed by atoms with E-state index in [4.69, 9.17) is 9.47 Å². The Labute approximate surface area is 130 Å². The van der Waals surface area contributed by atoms with Crippen molar-refractivity contribution in [1.82, 2.24) is 4.90 Å². The molecular formula is C16H24BrNO2. The van der Waals surface area contributed by atoms with Crippen molar-refractivity contribution < 1.29 is 9.47 Å². The SMILES string of the molecule is COc1ccccc1OCCN1CCCCC1CCBr. The van der Waals surface area contributed by atoms with E-state index in [9.17, 15) is 0 Å². The topological polar surface area (TPSA) is 21.7 Å². The Morgan fingerprint density at radius 1 is 1.25 bits per heavy atom. The summed E-state index contributed by atoms with van der Waals surface area (Å²) in [7, 11) is 1.68. The monoisotopic (exact) mass is 341 g/mol. The fourth-order valence-corrected chi connectivity index (χ4v) is 3.35. The molecule has 1 atom stereocenters. The van der Waals surface area contributed by atoms with Gasteiger partial charge >= 0.3 is 0 Å². The lowest BCUT2D eigenvalue weighted by Gasteiger charge is -2.35. The first-order valence-corrected chi connectivity index (χ1v) is 8.53. The Morgan fingerprint density at radius 3 is 2.80 bits per heavy atom. The van der Waals surface area contributed by atoms with Crippen LogP contribution in [0.5, 0.6) is 11.5 Å². The van der Waals surface area contributed by atoms with Crippen LogP contribution in [0.1, 0.15) is 25.7 Å². The number of halogens is 1. The number of methoxy groups -OCH3 is 1. The van der Waals surface area contributed by atoms with Gasteiger partial charge in [-0.15, -0.1) is 0 Å². The summed E-state index contributed by atoms with van der Waals surface area (Å²) in [5.74, 6) is 1.65. The zero-order chi connectivity index (χ0) is 14.2. The maximum atomic E-state index is 5.88. The number of para-hydroxylation sites is 2. The van der Waals surface area contributed by atoms with Crippen LogP contribution >= 0.6 is 15.9 Å². The van der Waals surface area contributed by atoms with E-state index in [0.717, 1.165) is 30.0 Å². The highest BCUT2D eigenvalue weighted by atomic mass is 79.9. The number of piperidine rings is 1. The van der Waals surface area contributed by atoms with Gasteiger partial charge in [-0.05, 0) is 37.9 Å². The third-order valence-electron chi connectivity index (χ3n) is 3.90. The summed E-state index contributed by atoms with van der Waals surface area (Å²) >= 11 is 3.56. The summed E-state index contributed by atoms with van der Waals surface area (Å²) in [5.41, 5.74) is 0. The Morgan fingerprint density at radius 2 is 2.05 bits per heavy atom. The van der Waals surface area contributed by atoms with E-state index >= 15 is 0 Å². The van der Waals surface area contributed by atoms with Crippen LogP contribution in [-0.2, 0) is 0 Å². The van der Waals surface area contributed by atoms with Gasteiger partial charge in [0.25, 0.3) is 0 Å². The number of hydrogen-bond acceptors (Lipinski definition) is 3. The highest BCUT2D eigenvalue weighted by molar-refractivity contribution is 9.09. The summed E-state index contributed by atoms with van der Waals surface area (Å²) in [6.07, 6.45) is 5.23. The van der Waals surface area contributed by atoms with Gasteiger partial charge in [0, 0.05) is 17.9 Å². The molecule has 0 aromatic heterocycles. The van der Waals surface area contributed by atoms with E-state index in [-0.39, 0.29) is 0 Å². The molecular weight excluding hydrogens is 318 g/mol. The number of alkyl halides is 1. The molecule has 0 spiro atoms. The quantitative estimate of drug-likeness (QED) is 0.705. The lowest BCUT2D eigenvalue weighted by atomic mass is 10.0. The van der Waals surface area contributed by atoms with Gasteiger partial charge in [0.15, 0.2) is 11.5 Å². The Bertz CT molecular complexity index is 398. The van der Waals surface area contributed by atoms with Gasteiger partial charge in [-0.25, -0.2) is 0 Å². The highest BCUT2D eigenvalue weighted by Crippen LogP contribution is 2.26. The molecule has 1 aliphatic rings. The van der Waals surface area contributed by atoms with E-state index in [0.29, 0.717) is 6.04 Å². The molecule has 0 radical (unpaired) electrons. The Hall–Kier alpha value is -0.740. The van der Waals surface area contributed by atoms with E-state index in [2.05, 4.69) is 20.8 Å². The van der Waals surface area contributed by atoms with Crippen LogP contribution in [0.3, 0.4) is 0 Å². The molecule has 1 unspecified atom stereocenters. The summed E-state index contributed by atoms with van der Waals surface area (Å²) in [6, 6.07) is 8.55. The first kappa shape index (κ1) is 15.6. The third-order valence-corrected chi connectivity index (χ3v) is 4.35. The average molecular weight is 342 g/mol. The number of rotatable bonds is 7. The van der Waals surface area contributed by atoms with Gasteiger partial charge in [0.05, 0.1) is 7.11 Å². The largest absolute Gasteiger partial charge is 0.493 e. The van der Waals surface area contributed by atoms with Crippen molar-refractivity contribution in [3.63, 3.8) is 0 Å². The zero-order valence-electron chi connectivity index (χ0n) is 12.2. The van der Waals surface area contributed by atoms with Crippen LogP contribution in [0.4, 0.5) is 0 Å². The normalized spacial score (nSPS) is 19.8. The highest BCUT2D eigenvalue weighted by Gasteiger charge is 2.21. The minimum absolute atomic E-state index is 0.712. The van der Waals surface area contributed by atoms with Crippen molar-refractivity contribution in [1.29, 1.82) is 0 Å². The average Bonchev–Trinajstić information content (AvgIpc) is 2.50. The molecule has 20 heavy (non-hydrogen) atoms. The molecule has 2 rings (SSSR count). The lowest BCUT2D eigenvalue weighted by Crippen LogP contribution is -2.42. The van der Waals surface area contributed by atoms with Gasteiger partial charge in [-0.2, -0.15) is 0 Å². The predicted molar refractivity (Wildman–Crippen MR) is 86.1 cm³/mol. The molecule has 3 nitrogen and oxygen atoms in total. The maximum absolute atomic E-state index is 5.88. The molecule has 0 amide bonds. The first-order valence-electron chi connectivity index (χ1n) is 7.41. The van der Waals surface area contributed by atoms with Crippen LogP contribution in [0.25, 0.3) is 0 Å². The van der Waals surface area contributed by atoms with E-state index in [1.54, 1.807) is 7.11 Å². The van der Waals surface area contributed by atoms with E-state index in [1.165, 1.54) is 32.2 Å². The predicted octanol–water partition coefficient (Wildman–Crippen LogP) is 3.71. The summed E-state index contributed by atoms with van der Waals surface area (Å²) < 4.78 is 11.2. The van der Waals surface area contributed by atoms with Crippen molar-refractivity contribution in [2.75, 3.05) is 32.1 Å². The van der Waals surface area contributed by atoms with Gasteiger partial charge in [-0.1, -0.05) is 34.5 Å². The van der Waals surface area contributed by atoms with Crippen molar-refractivity contribution >= 4 is 15.9 Å². The van der Waals surface area contributed by atoms with Crippen molar-refractivity contribution in [3.05, 3.63) is 24.3 Å². The summed E-state index contributed by atoms with van der Waals surface area (Å²) in [6.45, 7) is 2.92. The molecule has 0 saturated carbocycles. The van der Waals surface area contributed by atoms with Gasteiger partial charge in [0.2, 0.25) is 0 Å². The van der Waals surface area contributed by atoms with Crippen LogP contribution in [0.15, 0.2) is 24.3 Å². The Kier molecular flexibility index (Phi) is 6.67.